The maximum Gasteiger partial charge on any atom is 0.151 e. The first-order valence-electron chi connectivity index (χ1n) is 12.7. The first-order chi connectivity index (χ1) is 16.0. The second-order valence-corrected chi connectivity index (χ2v) is 10.8. The van der Waals surface area contributed by atoms with Crippen molar-refractivity contribution < 1.29 is 4.39 Å². The average Bonchev–Trinajstić information content (AvgIpc) is 3.29. The summed E-state index contributed by atoms with van der Waals surface area (Å²) in [5.74, 6) is 2.45. The number of aryl methyl sites for hydroxylation is 3. The normalized spacial score (nSPS) is 13.3. The topological polar surface area (TPSA) is 35.6 Å². The summed E-state index contributed by atoms with van der Waals surface area (Å²) in [6, 6.07) is 8.95. The summed E-state index contributed by atoms with van der Waals surface area (Å²) in [5.41, 5.74) is 7.29. The maximum atomic E-state index is 14.9. The lowest BCUT2D eigenvalue weighted by molar-refractivity contribution is 0.561. The Labute approximate surface area is 203 Å². The van der Waals surface area contributed by atoms with Crippen molar-refractivity contribution in [1.29, 1.82) is 0 Å². The molecular weight excluding hydrogens is 423 g/mol. The van der Waals surface area contributed by atoms with Gasteiger partial charge in [0.05, 0.1) is 16.6 Å². The lowest BCUT2D eigenvalue weighted by Gasteiger charge is -2.17. The van der Waals surface area contributed by atoms with Crippen molar-refractivity contribution >= 4 is 22.1 Å². The van der Waals surface area contributed by atoms with E-state index < -0.39 is 0 Å². The van der Waals surface area contributed by atoms with E-state index in [0.717, 1.165) is 41.1 Å². The molecule has 0 N–H and O–H groups in total. The third-order valence-electron chi connectivity index (χ3n) is 7.10. The lowest BCUT2D eigenvalue weighted by Crippen LogP contribution is -2.08. The van der Waals surface area contributed by atoms with Crippen LogP contribution in [0.1, 0.15) is 107 Å². The van der Waals surface area contributed by atoms with Gasteiger partial charge < -0.3 is 9.13 Å². The van der Waals surface area contributed by atoms with Crippen LogP contribution in [0.2, 0.25) is 0 Å². The second-order valence-electron chi connectivity index (χ2n) is 10.8. The SMILES string of the molecule is Cc1cc(C(C)CCc2nc3c(F)cc(C(C)C)cc3n2C(C)C)cc2c1nc(C)n2C(C)C. The van der Waals surface area contributed by atoms with Crippen LogP contribution < -0.4 is 0 Å². The summed E-state index contributed by atoms with van der Waals surface area (Å²) in [6.07, 6.45) is 1.76. The molecule has 4 aromatic rings. The summed E-state index contributed by atoms with van der Waals surface area (Å²) in [5, 5.41) is 0. The van der Waals surface area contributed by atoms with Crippen LogP contribution in [0.15, 0.2) is 24.3 Å². The number of halogens is 1. The highest BCUT2D eigenvalue weighted by atomic mass is 19.1. The summed E-state index contributed by atoms with van der Waals surface area (Å²) >= 11 is 0. The number of rotatable bonds is 7. The van der Waals surface area contributed by atoms with Gasteiger partial charge in [-0.2, -0.15) is 0 Å². The van der Waals surface area contributed by atoms with Gasteiger partial charge in [-0.15, -0.1) is 0 Å². The molecule has 34 heavy (non-hydrogen) atoms. The Balaban J connectivity index is 1.68. The Morgan fingerprint density at radius 2 is 1.38 bits per heavy atom. The third-order valence-corrected chi connectivity index (χ3v) is 7.10. The minimum Gasteiger partial charge on any atom is -0.326 e. The molecule has 4 rings (SSSR count). The van der Waals surface area contributed by atoms with Crippen LogP contribution in [0.25, 0.3) is 22.1 Å². The van der Waals surface area contributed by atoms with Gasteiger partial charge in [-0.05, 0) is 94.7 Å². The fraction of sp³-hybridized carbons (Fsp3) is 0.517. The Kier molecular flexibility index (Phi) is 6.58. The van der Waals surface area contributed by atoms with Gasteiger partial charge in [-0.25, -0.2) is 14.4 Å². The summed E-state index contributed by atoms with van der Waals surface area (Å²) in [6.45, 7) is 19.5. The highest BCUT2D eigenvalue weighted by Crippen LogP contribution is 2.32. The zero-order chi connectivity index (χ0) is 24.9. The van der Waals surface area contributed by atoms with Gasteiger partial charge in [0.15, 0.2) is 5.82 Å². The molecule has 0 aliphatic carbocycles. The van der Waals surface area contributed by atoms with E-state index in [4.69, 9.17) is 9.97 Å². The fourth-order valence-corrected chi connectivity index (χ4v) is 5.26. The van der Waals surface area contributed by atoms with Crippen LogP contribution >= 0.6 is 0 Å². The molecule has 0 aliphatic heterocycles. The number of nitrogens with zero attached hydrogens (tertiary/aromatic N) is 4. The lowest BCUT2D eigenvalue weighted by atomic mass is 9.94. The number of benzene rings is 2. The Hall–Kier alpha value is -2.69. The van der Waals surface area contributed by atoms with Crippen LogP contribution in [0.4, 0.5) is 4.39 Å². The molecule has 4 nitrogen and oxygen atoms in total. The molecule has 0 amide bonds. The van der Waals surface area contributed by atoms with E-state index in [9.17, 15) is 4.39 Å². The Morgan fingerprint density at radius 3 is 2.00 bits per heavy atom. The molecule has 2 heterocycles. The maximum absolute atomic E-state index is 14.9. The molecule has 0 fully saturated rings. The van der Waals surface area contributed by atoms with Crippen LogP contribution in [0, 0.1) is 19.7 Å². The molecule has 0 saturated heterocycles. The van der Waals surface area contributed by atoms with E-state index in [1.807, 2.05) is 0 Å². The number of imidazole rings is 2. The molecule has 1 unspecified atom stereocenters. The highest BCUT2D eigenvalue weighted by Gasteiger charge is 2.20. The van der Waals surface area contributed by atoms with E-state index in [1.165, 1.54) is 16.6 Å². The van der Waals surface area contributed by atoms with Crippen LogP contribution in [0.5, 0.6) is 0 Å². The van der Waals surface area contributed by atoms with Gasteiger partial charge in [-0.3, -0.25) is 0 Å². The molecule has 0 saturated carbocycles. The van der Waals surface area contributed by atoms with Crippen molar-refractivity contribution in [1.82, 2.24) is 19.1 Å². The molecule has 0 bridgehead atoms. The van der Waals surface area contributed by atoms with Gasteiger partial charge in [0.1, 0.15) is 17.2 Å². The van der Waals surface area contributed by atoms with E-state index in [2.05, 4.69) is 89.6 Å². The molecule has 0 spiro atoms. The van der Waals surface area contributed by atoms with E-state index >= 15 is 0 Å². The average molecular weight is 463 g/mol. The zero-order valence-corrected chi connectivity index (χ0v) is 22.2. The quantitative estimate of drug-likeness (QED) is 0.278. The molecule has 5 heteroatoms. The van der Waals surface area contributed by atoms with Crippen LogP contribution in [-0.4, -0.2) is 19.1 Å². The van der Waals surface area contributed by atoms with Gasteiger partial charge in [0.25, 0.3) is 0 Å². The number of aromatic nitrogens is 4. The monoisotopic (exact) mass is 462 g/mol. The number of hydrogen-bond donors (Lipinski definition) is 0. The predicted molar refractivity (Wildman–Crippen MR) is 140 cm³/mol. The van der Waals surface area contributed by atoms with Gasteiger partial charge in [0.2, 0.25) is 0 Å². The molecule has 2 aromatic heterocycles. The summed E-state index contributed by atoms with van der Waals surface area (Å²) in [4.78, 5) is 9.61. The second kappa shape index (κ2) is 9.16. The van der Waals surface area contributed by atoms with Crippen molar-refractivity contribution in [3.8, 4) is 0 Å². The molecule has 0 radical (unpaired) electrons. The van der Waals surface area contributed by atoms with Crippen molar-refractivity contribution in [3.63, 3.8) is 0 Å². The largest absolute Gasteiger partial charge is 0.326 e. The Bertz CT molecular complexity index is 1340. The predicted octanol–water partition coefficient (Wildman–Crippen LogP) is 8.16. The first-order valence-corrected chi connectivity index (χ1v) is 12.7. The molecule has 1 atom stereocenters. The van der Waals surface area contributed by atoms with E-state index in [1.54, 1.807) is 6.07 Å². The van der Waals surface area contributed by atoms with Crippen molar-refractivity contribution in [2.24, 2.45) is 0 Å². The van der Waals surface area contributed by atoms with E-state index in [0.29, 0.717) is 17.5 Å². The summed E-state index contributed by atoms with van der Waals surface area (Å²) in [7, 11) is 0. The smallest absolute Gasteiger partial charge is 0.151 e. The molecular formula is C29H39FN4. The van der Waals surface area contributed by atoms with Crippen molar-refractivity contribution in [2.75, 3.05) is 0 Å². The molecule has 2 aromatic carbocycles. The minimum absolute atomic E-state index is 0.215. The standard InChI is InChI=1S/C29H39FN4/c1-16(2)22-13-24(30)29-26(14-22)34(18(5)6)27(32-29)11-10-19(7)23-12-20(8)28-25(15-23)33(17(3)4)21(9)31-28/h12-19H,10-11H2,1-9H3. The van der Waals surface area contributed by atoms with Crippen molar-refractivity contribution in [2.45, 2.75) is 99.1 Å². The third kappa shape index (κ3) is 4.25. The first kappa shape index (κ1) is 24.4. The zero-order valence-electron chi connectivity index (χ0n) is 22.2. The number of hydrogen-bond acceptors (Lipinski definition) is 2. The highest BCUT2D eigenvalue weighted by molar-refractivity contribution is 5.81. The fourth-order valence-electron chi connectivity index (χ4n) is 5.26. The van der Waals surface area contributed by atoms with Gasteiger partial charge in [0, 0.05) is 18.5 Å². The summed E-state index contributed by atoms with van der Waals surface area (Å²) < 4.78 is 19.5. The molecule has 0 aliphatic rings. The minimum atomic E-state index is -0.215. The molecule has 182 valence electrons. The Morgan fingerprint density at radius 1 is 0.765 bits per heavy atom. The van der Waals surface area contributed by atoms with Crippen molar-refractivity contribution in [3.05, 3.63) is 58.4 Å². The van der Waals surface area contributed by atoms with Crippen LogP contribution in [-0.2, 0) is 6.42 Å². The van der Waals surface area contributed by atoms with Gasteiger partial charge in [-0.1, -0.05) is 26.8 Å². The van der Waals surface area contributed by atoms with Crippen LogP contribution in [0.3, 0.4) is 0 Å². The van der Waals surface area contributed by atoms with E-state index in [-0.39, 0.29) is 17.8 Å². The number of fused-ring (bicyclic) bond motifs is 2. The van der Waals surface area contributed by atoms with Gasteiger partial charge >= 0.3 is 0 Å².